The average Bonchev–Trinajstić information content (AvgIpc) is 3.30. The van der Waals surface area contributed by atoms with Crippen LogP contribution in [-0.2, 0) is 4.79 Å². The van der Waals surface area contributed by atoms with E-state index in [2.05, 4.69) is 37.9 Å². The zero-order valence-corrected chi connectivity index (χ0v) is 16.5. The number of aromatic nitrogens is 4. The van der Waals surface area contributed by atoms with Gasteiger partial charge in [0, 0.05) is 30.1 Å². The summed E-state index contributed by atoms with van der Waals surface area (Å²) in [6.07, 6.45) is 1.52. The lowest BCUT2D eigenvalue weighted by atomic mass is 9.95. The number of carbonyl (C=O) groups excluding carboxylic acids is 1. The molecule has 0 aliphatic carbocycles. The van der Waals surface area contributed by atoms with E-state index >= 15 is 0 Å². The van der Waals surface area contributed by atoms with Crippen LogP contribution in [0.1, 0.15) is 12.8 Å². The minimum absolute atomic E-state index is 0.0266. The third-order valence-electron chi connectivity index (χ3n) is 5.65. The number of nitrogens with one attached hydrogen (secondary N) is 1. The smallest absolute Gasteiger partial charge is 0.250 e. The topological polar surface area (TPSA) is 75.9 Å². The molecule has 1 amide bonds. The molecule has 150 valence electrons. The molecule has 2 heterocycles. The van der Waals surface area contributed by atoms with Gasteiger partial charge in [0.15, 0.2) is 0 Å². The maximum atomic E-state index is 12.9. The van der Waals surface area contributed by atoms with E-state index in [1.807, 2.05) is 60.7 Å². The van der Waals surface area contributed by atoms with Crippen molar-refractivity contribution in [2.24, 2.45) is 5.92 Å². The number of piperidine rings is 1. The molecule has 1 saturated heterocycles. The van der Waals surface area contributed by atoms with Gasteiger partial charge in [-0.25, -0.2) is 0 Å². The van der Waals surface area contributed by atoms with Crippen LogP contribution in [0.2, 0.25) is 0 Å². The van der Waals surface area contributed by atoms with Gasteiger partial charge in [-0.3, -0.25) is 4.79 Å². The molecule has 1 fully saturated rings. The fourth-order valence-electron chi connectivity index (χ4n) is 4.03. The van der Waals surface area contributed by atoms with Crippen LogP contribution < -0.4 is 10.2 Å². The van der Waals surface area contributed by atoms with Crippen LogP contribution in [0, 0.1) is 5.92 Å². The number of fused-ring (bicyclic) bond motifs is 1. The second-order valence-corrected chi connectivity index (χ2v) is 7.50. The largest absolute Gasteiger partial charge is 0.339 e. The van der Waals surface area contributed by atoms with E-state index in [0.717, 1.165) is 48.1 Å². The number of hydrogen-bond acceptors (Lipinski definition) is 5. The zero-order valence-electron chi connectivity index (χ0n) is 16.5. The molecule has 0 unspecified atom stereocenters. The Kier molecular flexibility index (Phi) is 4.85. The molecular weight excluding hydrogens is 376 g/mol. The van der Waals surface area contributed by atoms with E-state index in [9.17, 15) is 4.79 Å². The molecule has 1 aromatic heterocycles. The summed E-state index contributed by atoms with van der Waals surface area (Å²) >= 11 is 0. The van der Waals surface area contributed by atoms with Gasteiger partial charge in [-0.15, -0.1) is 0 Å². The van der Waals surface area contributed by atoms with Crippen LogP contribution in [0.15, 0.2) is 72.8 Å². The lowest BCUT2D eigenvalue weighted by Crippen LogP contribution is -2.39. The molecular formula is C23H22N6O. The summed E-state index contributed by atoms with van der Waals surface area (Å²) in [5, 5.41) is 17.5. The summed E-state index contributed by atoms with van der Waals surface area (Å²) in [6.45, 7) is 1.47. The van der Waals surface area contributed by atoms with Gasteiger partial charge in [0.2, 0.25) is 11.9 Å². The van der Waals surface area contributed by atoms with Gasteiger partial charge in [0.05, 0.1) is 5.69 Å². The Balaban J connectivity index is 1.27. The number of carbonyl (C=O) groups is 1. The lowest BCUT2D eigenvalue weighted by Gasteiger charge is -2.31. The minimum Gasteiger partial charge on any atom is -0.339 e. The van der Waals surface area contributed by atoms with E-state index in [1.54, 1.807) is 4.68 Å². The molecule has 5 rings (SSSR count). The Morgan fingerprint density at radius 1 is 0.900 bits per heavy atom. The Bertz CT molecular complexity index is 1160. The molecule has 7 nitrogen and oxygen atoms in total. The zero-order chi connectivity index (χ0) is 20.3. The van der Waals surface area contributed by atoms with Crippen molar-refractivity contribution in [2.45, 2.75) is 12.8 Å². The number of tetrazole rings is 1. The van der Waals surface area contributed by atoms with Crippen molar-refractivity contribution in [3.05, 3.63) is 72.8 Å². The van der Waals surface area contributed by atoms with Crippen molar-refractivity contribution in [3.63, 3.8) is 0 Å². The number of nitrogens with zero attached hydrogens (tertiary/aromatic N) is 5. The first-order chi connectivity index (χ1) is 14.8. The molecule has 0 atom stereocenters. The highest BCUT2D eigenvalue weighted by atomic mass is 16.1. The van der Waals surface area contributed by atoms with E-state index < -0.39 is 0 Å². The summed E-state index contributed by atoms with van der Waals surface area (Å²) in [5.74, 6) is 0.768. The van der Waals surface area contributed by atoms with Gasteiger partial charge < -0.3 is 10.2 Å². The van der Waals surface area contributed by atoms with E-state index in [0.29, 0.717) is 5.95 Å². The predicted octanol–water partition coefficient (Wildman–Crippen LogP) is 3.67. The summed E-state index contributed by atoms with van der Waals surface area (Å²) in [5.41, 5.74) is 1.79. The van der Waals surface area contributed by atoms with Crippen molar-refractivity contribution in [2.75, 3.05) is 23.3 Å². The number of anilines is 2. The van der Waals surface area contributed by atoms with Crippen molar-refractivity contribution in [1.82, 2.24) is 20.2 Å². The number of amides is 1. The van der Waals surface area contributed by atoms with E-state index in [4.69, 9.17) is 0 Å². The van der Waals surface area contributed by atoms with E-state index in [1.165, 1.54) is 0 Å². The van der Waals surface area contributed by atoms with Gasteiger partial charge in [0.25, 0.3) is 0 Å². The first-order valence-electron chi connectivity index (χ1n) is 10.2. The highest BCUT2D eigenvalue weighted by molar-refractivity contribution is 6.02. The molecule has 0 radical (unpaired) electrons. The lowest BCUT2D eigenvalue weighted by molar-refractivity contribution is -0.120. The van der Waals surface area contributed by atoms with Crippen LogP contribution >= 0.6 is 0 Å². The second-order valence-electron chi connectivity index (χ2n) is 7.50. The minimum atomic E-state index is -0.0266. The first kappa shape index (κ1) is 18.3. The van der Waals surface area contributed by atoms with Gasteiger partial charge >= 0.3 is 0 Å². The standard InChI is InChI=1S/C23H22N6O/c30-22(24-21-12-6-8-17-7-4-5-11-20(17)21)18-13-15-28(16-14-18)23-25-26-27-29(23)19-9-2-1-3-10-19/h1-12,18H,13-16H2,(H,24,30). The molecule has 0 bridgehead atoms. The molecule has 1 N–H and O–H groups in total. The predicted molar refractivity (Wildman–Crippen MR) is 117 cm³/mol. The van der Waals surface area contributed by atoms with Crippen LogP contribution in [0.5, 0.6) is 0 Å². The Labute approximate surface area is 174 Å². The highest BCUT2D eigenvalue weighted by Crippen LogP contribution is 2.27. The SMILES string of the molecule is O=C(Nc1cccc2ccccc12)C1CCN(c2nnnn2-c2ccccc2)CC1. The summed E-state index contributed by atoms with van der Waals surface area (Å²) in [4.78, 5) is 15.1. The second kappa shape index (κ2) is 7.94. The number of para-hydroxylation sites is 1. The Morgan fingerprint density at radius 3 is 2.47 bits per heavy atom. The molecule has 1 aliphatic rings. The number of benzene rings is 3. The molecule has 7 heteroatoms. The Hall–Kier alpha value is -3.74. The summed E-state index contributed by atoms with van der Waals surface area (Å²) in [7, 11) is 0. The highest BCUT2D eigenvalue weighted by Gasteiger charge is 2.28. The van der Waals surface area contributed by atoms with Crippen LogP contribution in [-0.4, -0.2) is 39.2 Å². The molecule has 0 spiro atoms. The fraction of sp³-hybridized carbons (Fsp3) is 0.217. The molecule has 1 aliphatic heterocycles. The molecule has 0 saturated carbocycles. The van der Waals surface area contributed by atoms with Gasteiger partial charge in [-0.2, -0.15) is 4.68 Å². The van der Waals surface area contributed by atoms with Crippen LogP contribution in [0.3, 0.4) is 0 Å². The van der Waals surface area contributed by atoms with Gasteiger partial charge in [-0.1, -0.05) is 59.7 Å². The van der Waals surface area contributed by atoms with Crippen molar-refractivity contribution >= 4 is 28.3 Å². The molecule has 3 aromatic carbocycles. The first-order valence-corrected chi connectivity index (χ1v) is 10.2. The van der Waals surface area contributed by atoms with Gasteiger partial charge in [-0.05, 0) is 46.9 Å². The number of rotatable bonds is 4. The van der Waals surface area contributed by atoms with Crippen LogP contribution in [0.4, 0.5) is 11.6 Å². The summed E-state index contributed by atoms with van der Waals surface area (Å²) in [6, 6.07) is 23.9. The average molecular weight is 398 g/mol. The third-order valence-corrected chi connectivity index (χ3v) is 5.65. The molecule has 4 aromatic rings. The van der Waals surface area contributed by atoms with Gasteiger partial charge in [0.1, 0.15) is 0 Å². The van der Waals surface area contributed by atoms with Crippen molar-refractivity contribution in [1.29, 1.82) is 0 Å². The maximum absolute atomic E-state index is 12.9. The Morgan fingerprint density at radius 2 is 1.63 bits per heavy atom. The quantitative estimate of drug-likeness (QED) is 0.568. The molecule has 30 heavy (non-hydrogen) atoms. The van der Waals surface area contributed by atoms with Crippen molar-refractivity contribution < 1.29 is 4.79 Å². The number of hydrogen-bond donors (Lipinski definition) is 1. The summed E-state index contributed by atoms with van der Waals surface area (Å²) < 4.78 is 1.75. The third kappa shape index (κ3) is 3.50. The van der Waals surface area contributed by atoms with Crippen molar-refractivity contribution in [3.8, 4) is 5.69 Å². The van der Waals surface area contributed by atoms with Crippen LogP contribution in [0.25, 0.3) is 16.5 Å². The fourth-order valence-corrected chi connectivity index (χ4v) is 4.03. The normalized spacial score (nSPS) is 14.7. The monoisotopic (exact) mass is 398 g/mol. The van der Waals surface area contributed by atoms with E-state index in [-0.39, 0.29) is 11.8 Å². The maximum Gasteiger partial charge on any atom is 0.250 e.